The molecule has 0 N–H and O–H groups in total. The van der Waals surface area contributed by atoms with Crippen LogP contribution in [0.3, 0.4) is 0 Å². The van der Waals surface area contributed by atoms with Gasteiger partial charge in [0.1, 0.15) is 5.78 Å². The molecule has 1 saturated heterocycles. The maximum atomic E-state index is 10.9. The Morgan fingerprint density at radius 2 is 2.45 bits per heavy atom. The second-order valence-electron chi connectivity index (χ2n) is 2.75. The SMILES string of the molecule is CCC(=O)CC1CCOC1=O. The highest BCUT2D eigenvalue weighted by molar-refractivity contribution is 5.84. The molecule has 0 aliphatic carbocycles. The van der Waals surface area contributed by atoms with E-state index < -0.39 is 0 Å². The maximum Gasteiger partial charge on any atom is 0.309 e. The smallest absolute Gasteiger partial charge is 0.309 e. The first-order chi connectivity index (χ1) is 5.24. The largest absolute Gasteiger partial charge is 0.465 e. The average Bonchev–Trinajstić information content (AvgIpc) is 2.37. The summed E-state index contributed by atoms with van der Waals surface area (Å²) < 4.78 is 4.72. The van der Waals surface area contributed by atoms with Crippen molar-refractivity contribution in [3.05, 3.63) is 0 Å². The standard InChI is InChI=1S/C8H12O3/c1-2-7(9)5-6-3-4-11-8(6)10/h6H,2-5H2,1H3. The van der Waals surface area contributed by atoms with Crippen molar-refractivity contribution in [3.8, 4) is 0 Å². The van der Waals surface area contributed by atoms with Crippen LogP contribution in [0.15, 0.2) is 0 Å². The molecule has 62 valence electrons. The van der Waals surface area contributed by atoms with E-state index in [9.17, 15) is 9.59 Å². The summed E-state index contributed by atoms with van der Waals surface area (Å²) >= 11 is 0. The maximum absolute atomic E-state index is 10.9. The Bertz CT molecular complexity index is 174. The Morgan fingerprint density at radius 3 is 2.91 bits per heavy atom. The van der Waals surface area contributed by atoms with Crippen molar-refractivity contribution in [1.29, 1.82) is 0 Å². The third-order valence-corrected chi connectivity index (χ3v) is 1.91. The Labute approximate surface area is 65.7 Å². The van der Waals surface area contributed by atoms with E-state index in [-0.39, 0.29) is 17.7 Å². The van der Waals surface area contributed by atoms with Crippen LogP contribution in [0.5, 0.6) is 0 Å². The zero-order valence-electron chi connectivity index (χ0n) is 6.63. The van der Waals surface area contributed by atoms with E-state index in [1.54, 1.807) is 0 Å². The summed E-state index contributed by atoms with van der Waals surface area (Å²) in [5.74, 6) is -0.205. The molecule has 0 radical (unpaired) electrons. The number of hydrogen-bond acceptors (Lipinski definition) is 3. The van der Waals surface area contributed by atoms with Crippen LogP contribution in [-0.2, 0) is 14.3 Å². The molecule has 11 heavy (non-hydrogen) atoms. The second-order valence-corrected chi connectivity index (χ2v) is 2.75. The summed E-state index contributed by atoms with van der Waals surface area (Å²) in [5.41, 5.74) is 0. The van der Waals surface area contributed by atoms with Crippen molar-refractivity contribution in [1.82, 2.24) is 0 Å². The molecule has 0 aromatic heterocycles. The Kier molecular flexibility index (Phi) is 2.63. The van der Waals surface area contributed by atoms with E-state index in [1.165, 1.54) is 0 Å². The van der Waals surface area contributed by atoms with Crippen molar-refractivity contribution in [3.63, 3.8) is 0 Å². The molecule has 0 spiro atoms. The fourth-order valence-electron chi connectivity index (χ4n) is 1.14. The summed E-state index contributed by atoms with van der Waals surface area (Å²) in [6.45, 7) is 2.29. The minimum atomic E-state index is -0.202. The van der Waals surface area contributed by atoms with Crippen LogP contribution < -0.4 is 0 Å². The third kappa shape index (κ3) is 2.03. The van der Waals surface area contributed by atoms with Gasteiger partial charge in [0.05, 0.1) is 12.5 Å². The first kappa shape index (κ1) is 8.24. The molecule has 1 fully saturated rings. The van der Waals surface area contributed by atoms with Crippen molar-refractivity contribution in [2.24, 2.45) is 5.92 Å². The van der Waals surface area contributed by atoms with Crippen LogP contribution in [-0.4, -0.2) is 18.4 Å². The van der Waals surface area contributed by atoms with Crippen LogP contribution in [0.2, 0.25) is 0 Å². The molecule has 0 amide bonds. The van der Waals surface area contributed by atoms with E-state index in [0.717, 1.165) is 0 Å². The minimum Gasteiger partial charge on any atom is -0.465 e. The molecule has 1 aliphatic heterocycles. The van der Waals surface area contributed by atoms with Gasteiger partial charge in [0.2, 0.25) is 0 Å². The highest BCUT2D eigenvalue weighted by Crippen LogP contribution is 2.18. The molecule has 1 rings (SSSR count). The Morgan fingerprint density at radius 1 is 1.73 bits per heavy atom. The Balaban J connectivity index is 2.36. The summed E-state index contributed by atoms with van der Waals surface area (Å²) in [6, 6.07) is 0. The quantitative estimate of drug-likeness (QED) is 0.570. The van der Waals surface area contributed by atoms with Gasteiger partial charge in [0, 0.05) is 12.8 Å². The van der Waals surface area contributed by atoms with Gasteiger partial charge in [-0.15, -0.1) is 0 Å². The normalized spacial score (nSPS) is 23.4. The lowest BCUT2D eigenvalue weighted by atomic mass is 10.0. The lowest BCUT2D eigenvalue weighted by Crippen LogP contribution is -2.12. The highest BCUT2D eigenvalue weighted by atomic mass is 16.5. The van der Waals surface area contributed by atoms with Crippen LogP contribution in [0, 0.1) is 5.92 Å². The van der Waals surface area contributed by atoms with Gasteiger partial charge in [0.15, 0.2) is 0 Å². The molecular weight excluding hydrogens is 144 g/mol. The molecule has 1 unspecified atom stereocenters. The van der Waals surface area contributed by atoms with E-state index in [4.69, 9.17) is 4.74 Å². The lowest BCUT2D eigenvalue weighted by Gasteiger charge is -2.01. The summed E-state index contributed by atoms with van der Waals surface area (Å²) in [4.78, 5) is 21.8. The molecule has 0 aromatic rings. The van der Waals surface area contributed by atoms with Crippen LogP contribution >= 0.6 is 0 Å². The second kappa shape index (κ2) is 3.51. The van der Waals surface area contributed by atoms with Crippen molar-refractivity contribution >= 4 is 11.8 Å². The van der Waals surface area contributed by atoms with Gasteiger partial charge in [0.25, 0.3) is 0 Å². The number of ether oxygens (including phenoxy) is 1. The molecule has 1 heterocycles. The van der Waals surface area contributed by atoms with Crippen LogP contribution in [0.4, 0.5) is 0 Å². The van der Waals surface area contributed by atoms with Crippen LogP contribution in [0.1, 0.15) is 26.2 Å². The van der Waals surface area contributed by atoms with E-state index in [0.29, 0.717) is 25.9 Å². The van der Waals surface area contributed by atoms with Gasteiger partial charge in [-0.25, -0.2) is 0 Å². The number of Topliss-reactive ketones (excluding diaryl/α,β-unsaturated/α-hetero) is 1. The number of carbonyl (C=O) groups excluding carboxylic acids is 2. The Hall–Kier alpha value is -0.860. The lowest BCUT2D eigenvalue weighted by molar-refractivity contribution is -0.142. The zero-order valence-corrected chi connectivity index (χ0v) is 6.63. The number of ketones is 1. The molecule has 3 heteroatoms. The number of esters is 1. The van der Waals surface area contributed by atoms with Gasteiger partial charge in [-0.05, 0) is 6.42 Å². The topological polar surface area (TPSA) is 43.4 Å². The summed E-state index contributed by atoms with van der Waals surface area (Å²) in [6.07, 6.45) is 1.60. The zero-order chi connectivity index (χ0) is 8.27. The van der Waals surface area contributed by atoms with Crippen molar-refractivity contribution in [2.45, 2.75) is 26.2 Å². The molecular formula is C8H12O3. The number of carbonyl (C=O) groups is 2. The first-order valence-electron chi connectivity index (χ1n) is 3.92. The predicted molar refractivity (Wildman–Crippen MR) is 39.0 cm³/mol. The molecule has 0 aromatic carbocycles. The fourth-order valence-corrected chi connectivity index (χ4v) is 1.14. The highest BCUT2D eigenvalue weighted by Gasteiger charge is 2.27. The van der Waals surface area contributed by atoms with Crippen molar-refractivity contribution < 1.29 is 14.3 Å². The van der Waals surface area contributed by atoms with E-state index in [2.05, 4.69) is 0 Å². The number of cyclic esters (lactones) is 1. The third-order valence-electron chi connectivity index (χ3n) is 1.91. The average molecular weight is 156 g/mol. The minimum absolute atomic E-state index is 0.147. The van der Waals surface area contributed by atoms with E-state index >= 15 is 0 Å². The fraction of sp³-hybridized carbons (Fsp3) is 0.750. The van der Waals surface area contributed by atoms with Crippen LogP contribution in [0.25, 0.3) is 0 Å². The van der Waals surface area contributed by atoms with Gasteiger partial charge < -0.3 is 4.74 Å². The van der Waals surface area contributed by atoms with Gasteiger partial charge >= 0.3 is 5.97 Å². The molecule has 0 saturated carbocycles. The van der Waals surface area contributed by atoms with Gasteiger partial charge in [-0.1, -0.05) is 6.92 Å². The first-order valence-corrected chi connectivity index (χ1v) is 3.92. The van der Waals surface area contributed by atoms with E-state index in [1.807, 2.05) is 6.92 Å². The number of hydrogen-bond donors (Lipinski definition) is 0. The monoisotopic (exact) mass is 156 g/mol. The molecule has 3 nitrogen and oxygen atoms in total. The summed E-state index contributed by atoms with van der Waals surface area (Å²) in [5, 5.41) is 0. The van der Waals surface area contributed by atoms with Gasteiger partial charge in [-0.3, -0.25) is 9.59 Å². The number of rotatable bonds is 3. The summed E-state index contributed by atoms with van der Waals surface area (Å²) in [7, 11) is 0. The van der Waals surface area contributed by atoms with Crippen molar-refractivity contribution in [2.75, 3.05) is 6.61 Å². The predicted octanol–water partition coefficient (Wildman–Crippen LogP) is 0.919. The molecule has 0 bridgehead atoms. The molecule has 1 aliphatic rings. The van der Waals surface area contributed by atoms with Gasteiger partial charge in [-0.2, -0.15) is 0 Å². The molecule has 1 atom stereocenters.